The third-order valence-corrected chi connectivity index (χ3v) is 12.3. The fraction of sp³-hybridized carbons (Fsp3) is 0. The first-order chi connectivity index (χ1) is 27.7. The lowest BCUT2D eigenvalue weighted by atomic mass is 10.0. The van der Waals surface area contributed by atoms with Crippen LogP contribution in [0, 0.1) is 0 Å². The zero-order valence-electron chi connectivity index (χ0n) is 30.0. The molecule has 3 heterocycles. The van der Waals surface area contributed by atoms with Gasteiger partial charge in [0, 0.05) is 47.6 Å². The van der Waals surface area contributed by atoms with E-state index in [-0.39, 0.29) is 0 Å². The minimum atomic E-state index is 0.638. The molecule has 0 aliphatic heterocycles. The third-order valence-electron chi connectivity index (χ3n) is 11.2. The Balaban J connectivity index is 1.21. The highest BCUT2D eigenvalue weighted by atomic mass is 32.1. The van der Waals surface area contributed by atoms with Gasteiger partial charge in [-0.15, -0.1) is 11.3 Å². The molecular formula is C51H30N4S. The monoisotopic (exact) mass is 730 g/mol. The molecule has 0 N–H and O–H groups in total. The van der Waals surface area contributed by atoms with Gasteiger partial charge in [0.15, 0.2) is 17.5 Å². The summed E-state index contributed by atoms with van der Waals surface area (Å²) in [5.41, 5.74) is 6.30. The number of rotatable bonds is 4. The number of nitrogens with zero attached hydrogens (tertiary/aromatic N) is 4. The molecule has 0 saturated carbocycles. The van der Waals surface area contributed by atoms with Gasteiger partial charge in [-0.2, -0.15) is 0 Å². The van der Waals surface area contributed by atoms with Gasteiger partial charge in [-0.1, -0.05) is 140 Å². The van der Waals surface area contributed by atoms with Crippen molar-refractivity contribution in [1.82, 2.24) is 19.5 Å². The quantitative estimate of drug-likeness (QED) is 0.181. The van der Waals surface area contributed by atoms with Crippen molar-refractivity contribution in [2.45, 2.75) is 0 Å². The van der Waals surface area contributed by atoms with Crippen LogP contribution in [0.15, 0.2) is 182 Å². The van der Waals surface area contributed by atoms with Gasteiger partial charge in [0.05, 0.1) is 16.7 Å². The van der Waals surface area contributed by atoms with E-state index in [1.165, 1.54) is 58.0 Å². The predicted molar refractivity (Wildman–Crippen MR) is 236 cm³/mol. The number of thiophene rings is 1. The Hall–Kier alpha value is -7.21. The van der Waals surface area contributed by atoms with E-state index in [0.717, 1.165) is 38.7 Å². The predicted octanol–water partition coefficient (Wildman–Crippen LogP) is 13.8. The molecule has 56 heavy (non-hydrogen) atoms. The SMILES string of the molecule is c1ccc(-c2nc(-c3cc(-n4c5ccccc5c5cc6ccccc6cc54)c4c(c3)sc3cc5ccccc5cc34)nc(-c3cccc4ccccc34)n2)cc1. The van der Waals surface area contributed by atoms with Crippen molar-refractivity contribution < 1.29 is 0 Å². The van der Waals surface area contributed by atoms with Crippen LogP contribution < -0.4 is 0 Å². The minimum absolute atomic E-state index is 0.638. The summed E-state index contributed by atoms with van der Waals surface area (Å²) in [5.74, 6) is 1.93. The molecule has 0 radical (unpaired) electrons. The molecule has 260 valence electrons. The minimum Gasteiger partial charge on any atom is -0.309 e. The molecule has 12 aromatic rings. The molecule has 5 heteroatoms. The van der Waals surface area contributed by atoms with Gasteiger partial charge in [-0.3, -0.25) is 0 Å². The maximum Gasteiger partial charge on any atom is 0.164 e. The Kier molecular flexibility index (Phi) is 6.76. The zero-order chi connectivity index (χ0) is 36.7. The van der Waals surface area contributed by atoms with Crippen molar-refractivity contribution in [2.24, 2.45) is 0 Å². The highest BCUT2D eigenvalue weighted by Crippen LogP contribution is 2.45. The van der Waals surface area contributed by atoms with Crippen molar-refractivity contribution in [3.63, 3.8) is 0 Å². The van der Waals surface area contributed by atoms with Crippen LogP contribution in [0.25, 0.3) is 114 Å². The van der Waals surface area contributed by atoms with Crippen LogP contribution in [0.3, 0.4) is 0 Å². The highest BCUT2D eigenvalue weighted by Gasteiger charge is 2.22. The van der Waals surface area contributed by atoms with Crippen molar-refractivity contribution >= 4 is 85.6 Å². The second-order valence-electron chi connectivity index (χ2n) is 14.4. The van der Waals surface area contributed by atoms with Gasteiger partial charge in [0.1, 0.15) is 0 Å². The first-order valence-electron chi connectivity index (χ1n) is 18.8. The zero-order valence-corrected chi connectivity index (χ0v) is 30.8. The summed E-state index contributed by atoms with van der Waals surface area (Å²) in [7, 11) is 0. The molecule has 0 spiro atoms. The van der Waals surface area contributed by atoms with Crippen molar-refractivity contribution in [3.8, 4) is 39.9 Å². The van der Waals surface area contributed by atoms with Crippen LogP contribution in [0.1, 0.15) is 0 Å². The molecule has 0 fully saturated rings. The number of hydrogen-bond acceptors (Lipinski definition) is 4. The average Bonchev–Trinajstić information content (AvgIpc) is 3.78. The molecule has 9 aromatic carbocycles. The topological polar surface area (TPSA) is 43.6 Å². The number of aromatic nitrogens is 4. The summed E-state index contributed by atoms with van der Waals surface area (Å²) in [4.78, 5) is 15.7. The Labute approximate surface area is 325 Å². The van der Waals surface area contributed by atoms with E-state index in [0.29, 0.717) is 17.5 Å². The molecule has 12 rings (SSSR count). The first kappa shape index (κ1) is 31.2. The summed E-state index contributed by atoms with van der Waals surface area (Å²) in [5, 5.41) is 12.1. The lowest BCUT2D eigenvalue weighted by molar-refractivity contribution is 1.07. The summed E-state index contributed by atoms with van der Waals surface area (Å²) in [6.07, 6.45) is 0. The average molecular weight is 731 g/mol. The van der Waals surface area contributed by atoms with Crippen LogP contribution in [0.2, 0.25) is 0 Å². The Bertz CT molecular complexity index is 3540. The molecule has 0 aliphatic carbocycles. The second-order valence-corrected chi connectivity index (χ2v) is 15.5. The number of para-hydroxylation sites is 1. The van der Waals surface area contributed by atoms with Gasteiger partial charge < -0.3 is 4.57 Å². The van der Waals surface area contributed by atoms with E-state index >= 15 is 0 Å². The van der Waals surface area contributed by atoms with Crippen LogP contribution in [0.5, 0.6) is 0 Å². The van der Waals surface area contributed by atoms with Crippen molar-refractivity contribution in [1.29, 1.82) is 0 Å². The molecule has 0 amide bonds. The van der Waals surface area contributed by atoms with Gasteiger partial charge in [0.2, 0.25) is 0 Å². The maximum absolute atomic E-state index is 5.32. The largest absolute Gasteiger partial charge is 0.309 e. The summed E-state index contributed by atoms with van der Waals surface area (Å²) >= 11 is 1.83. The van der Waals surface area contributed by atoms with Gasteiger partial charge >= 0.3 is 0 Å². The van der Waals surface area contributed by atoms with Gasteiger partial charge in [-0.05, 0) is 74.8 Å². The maximum atomic E-state index is 5.32. The van der Waals surface area contributed by atoms with Gasteiger partial charge in [-0.25, -0.2) is 15.0 Å². The number of benzene rings is 9. The smallest absolute Gasteiger partial charge is 0.164 e. The standard InChI is InChI=1S/C51H30N4S/c1-2-14-32(15-3-1)49-52-50(54-51(53-49)40-23-12-20-31-13-8-9-21-38(31)40)37-28-45(48-42-26-34-17-5-7-19-36(34)29-46(42)56-47(48)30-37)55-43-24-11-10-22-39(43)41-25-33-16-4-6-18-35(33)27-44(41)55/h1-30H. The summed E-state index contributed by atoms with van der Waals surface area (Å²) in [6, 6.07) is 65.1. The summed E-state index contributed by atoms with van der Waals surface area (Å²) < 4.78 is 4.90. The molecular weight excluding hydrogens is 701 g/mol. The molecule has 0 saturated heterocycles. The van der Waals surface area contributed by atoms with Crippen molar-refractivity contribution in [3.05, 3.63) is 182 Å². The fourth-order valence-corrected chi connectivity index (χ4v) is 9.75. The lowest BCUT2D eigenvalue weighted by Gasteiger charge is -2.14. The van der Waals surface area contributed by atoms with Crippen LogP contribution in [-0.2, 0) is 0 Å². The van der Waals surface area contributed by atoms with E-state index in [1.807, 2.05) is 29.5 Å². The van der Waals surface area contributed by atoms with Gasteiger partial charge in [0.25, 0.3) is 0 Å². The normalized spacial score (nSPS) is 11.9. The van der Waals surface area contributed by atoms with E-state index in [1.54, 1.807) is 0 Å². The highest BCUT2D eigenvalue weighted by molar-refractivity contribution is 7.26. The third kappa shape index (κ3) is 4.81. The Morgan fingerprint density at radius 2 is 0.946 bits per heavy atom. The summed E-state index contributed by atoms with van der Waals surface area (Å²) in [6.45, 7) is 0. The van der Waals surface area contributed by atoms with Crippen LogP contribution >= 0.6 is 11.3 Å². The molecule has 3 aromatic heterocycles. The van der Waals surface area contributed by atoms with Crippen LogP contribution in [-0.4, -0.2) is 19.5 Å². The van der Waals surface area contributed by atoms with E-state index in [4.69, 9.17) is 15.0 Å². The fourth-order valence-electron chi connectivity index (χ4n) is 8.55. The Morgan fingerprint density at radius 3 is 1.73 bits per heavy atom. The molecule has 0 unspecified atom stereocenters. The van der Waals surface area contributed by atoms with E-state index in [2.05, 4.69) is 168 Å². The Morgan fingerprint density at radius 1 is 0.357 bits per heavy atom. The van der Waals surface area contributed by atoms with Crippen LogP contribution in [0.4, 0.5) is 0 Å². The molecule has 0 aliphatic rings. The molecule has 4 nitrogen and oxygen atoms in total. The second kappa shape index (κ2) is 12.2. The van der Waals surface area contributed by atoms with E-state index in [9.17, 15) is 0 Å². The number of hydrogen-bond donors (Lipinski definition) is 0. The lowest BCUT2D eigenvalue weighted by Crippen LogP contribution is -2.02. The number of fused-ring (bicyclic) bond motifs is 9. The van der Waals surface area contributed by atoms with E-state index < -0.39 is 0 Å². The molecule has 0 bridgehead atoms. The molecule has 0 atom stereocenters. The van der Waals surface area contributed by atoms with Crippen molar-refractivity contribution in [2.75, 3.05) is 0 Å². The first-order valence-corrected chi connectivity index (χ1v) is 19.7.